The van der Waals surface area contributed by atoms with Crippen molar-refractivity contribution < 1.29 is 31.8 Å². The molecule has 1 unspecified atom stereocenters. The smallest absolute Gasteiger partial charge is 0.432 e. The fourth-order valence-electron chi connectivity index (χ4n) is 2.29. The van der Waals surface area contributed by atoms with Crippen LogP contribution in [-0.2, 0) is 19.9 Å². The number of hydrogen-bond donors (Lipinski definition) is 0. The van der Waals surface area contributed by atoms with Gasteiger partial charge in [-0.15, -0.1) is 0 Å². The maximum atomic E-state index is 13.7. The van der Waals surface area contributed by atoms with E-state index in [0.717, 1.165) is 37.5 Å². The van der Waals surface area contributed by atoms with Crippen LogP contribution >= 0.6 is 0 Å². The van der Waals surface area contributed by atoms with E-state index in [-0.39, 0.29) is 11.3 Å². The van der Waals surface area contributed by atoms with Gasteiger partial charge in [-0.05, 0) is 18.2 Å². The molecule has 0 bridgehead atoms. The normalized spacial score (nSPS) is 21.9. The monoisotopic (exact) mass is 316 g/mol. The molecular formula is C15H12F4O3. The van der Waals surface area contributed by atoms with Crippen molar-refractivity contribution in [3.05, 3.63) is 59.6 Å². The third-order valence-corrected chi connectivity index (χ3v) is 3.28. The van der Waals surface area contributed by atoms with E-state index in [1.807, 2.05) is 0 Å². The minimum Gasteiger partial charge on any atom is -0.473 e. The Hall–Kier alpha value is -2.31. The summed E-state index contributed by atoms with van der Waals surface area (Å²) < 4.78 is 63.7. The molecule has 1 aromatic rings. The first-order chi connectivity index (χ1) is 10.2. The molecule has 0 aliphatic carbocycles. The molecule has 0 radical (unpaired) electrons. The zero-order chi connectivity index (χ0) is 16.5. The van der Waals surface area contributed by atoms with Crippen LogP contribution in [0.4, 0.5) is 17.6 Å². The average molecular weight is 316 g/mol. The van der Waals surface area contributed by atoms with Gasteiger partial charge >= 0.3 is 12.1 Å². The van der Waals surface area contributed by atoms with Gasteiger partial charge in [0.1, 0.15) is 11.6 Å². The average Bonchev–Trinajstić information content (AvgIpc) is 2.44. The lowest BCUT2D eigenvalue weighted by atomic mass is 9.84. The maximum absolute atomic E-state index is 13.7. The minimum atomic E-state index is -4.89. The van der Waals surface area contributed by atoms with E-state index in [0.29, 0.717) is 0 Å². The molecule has 7 heteroatoms. The molecule has 1 aliphatic rings. The third kappa shape index (κ3) is 2.70. The van der Waals surface area contributed by atoms with Crippen LogP contribution in [0.1, 0.15) is 12.0 Å². The summed E-state index contributed by atoms with van der Waals surface area (Å²) in [4.78, 5) is 11.6. The van der Waals surface area contributed by atoms with Gasteiger partial charge in [-0.3, -0.25) is 0 Å². The van der Waals surface area contributed by atoms with Gasteiger partial charge in [-0.1, -0.05) is 18.7 Å². The summed E-state index contributed by atoms with van der Waals surface area (Å²) in [6.45, 7) is 3.34. The van der Waals surface area contributed by atoms with E-state index in [1.54, 1.807) is 0 Å². The highest BCUT2D eigenvalue weighted by molar-refractivity contribution is 5.89. The lowest BCUT2D eigenvalue weighted by Crippen LogP contribution is -2.47. The maximum Gasteiger partial charge on any atom is 0.432 e. The highest BCUT2D eigenvalue weighted by Crippen LogP contribution is 2.50. The quantitative estimate of drug-likeness (QED) is 0.617. The Labute approximate surface area is 123 Å². The number of carbonyl (C=O) groups excluding carboxylic acids is 1. The predicted molar refractivity (Wildman–Crippen MR) is 69.1 cm³/mol. The molecular weight excluding hydrogens is 304 g/mol. The first kappa shape index (κ1) is 16.1. The Bertz CT molecular complexity index is 648. The summed E-state index contributed by atoms with van der Waals surface area (Å²) in [5.74, 6) is -2.12. The van der Waals surface area contributed by atoms with Crippen LogP contribution in [0, 0.1) is 5.82 Å². The van der Waals surface area contributed by atoms with Crippen LogP contribution in [0.25, 0.3) is 0 Å². The van der Waals surface area contributed by atoms with Crippen LogP contribution < -0.4 is 0 Å². The molecule has 2 rings (SSSR count). The number of hydrogen-bond acceptors (Lipinski definition) is 3. The van der Waals surface area contributed by atoms with Crippen LogP contribution in [0.5, 0.6) is 0 Å². The Morgan fingerprint density at radius 1 is 1.41 bits per heavy atom. The number of halogens is 4. The Balaban J connectivity index is 2.60. The molecule has 0 saturated carbocycles. The standard InChI is InChI=1S/C15H12F4O3/c1-9-6-10(13(20)21-2)8-14(22-9,15(17,18)19)11-4-3-5-12(16)7-11/h3-7H,1,8H2,2H3. The van der Waals surface area contributed by atoms with Crippen molar-refractivity contribution in [2.24, 2.45) is 0 Å². The van der Waals surface area contributed by atoms with Gasteiger partial charge < -0.3 is 9.47 Å². The zero-order valence-electron chi connectivity index (χ0n) is 11.5. The highest BCUT2D eigenvalue weighted by Gasteiger charge is 2.60. The number of allylic oxidation sites excluding steroid dienone is 1. The number of carbonyl (C=O) groups is 1. The fourth-order valence-corrected chi connectivity index (χ4v) is 2.29. The summed E-state index contributed by atoms with van der Waals surface area (Å²) in [6, 6.07) is 3.97. The second-order valence-corrected chi connectivity index (χ2v) is 4.74. The molecule has 1 heterocycles. The number of benzene rings is 1. The van der Waals surface area contributed by atoms with Crippen molar-refractivity contribution >= 4 is 5.97 Å². The van der Waals surface area contributed by atoms with Crippen molar-refractivity contribution in [1.82, 2.24) is 0 Å². The molecule has 0 fully saturated rings. The van der Waals surface area contributed by atoms with Crippen LogP contribution in [0.15, 0.2) is 48.3 Å². The van der Waals surface area contributed by atoms with Gasteiger partial charge in [0.2, 0.25) is 5.60 Å². The van der Waals surface area contributed by atoms with Crippen LogP contribution in [0.2, 0.25) is 0 Å². The number of esters is 1. The van der Waals surface area contributed by atoms with Crippen molar-refractivity contribution in [2.75, 3.05) is 7.11 Å². The molecule has 3 nitrogen and oxygen atoms in total. The third-order valence-electron chi connectivity index (χ3n) is 3.28. The van der Waals surface area contributed by atoms with E-state index in [1.165, 1.54) is 0 Å². The van der Waals surface area contributed by atoms with Gasteiger partial charge in [0.05, 0.1) is 7.11 Å². The molecule has 0 aromatic heterocycles. The molecule has 0 N–H and O–H groups in total. The van der Waals surface area contributed by atoms with Gasteiger partial charge in [0.25, 0.3) is 0 Å². The molecule has 0 saturated heterocycles. The first-order valence-electron chi connectivity index (χ1n) is 6.19. The molecule has 0 spiro atoms. The van der Waals surface area contributed by atoms with Crippen LogP contribution in [-0.4, -0.2) is 19.3 Å². The van der Waals surface area contributed by atoms with E-state index in [9.17, 15) is 22.4 Å². The first-order valence-corrected chi connectivity index (χ1v) is 6.19. The largest absolute Gasteiger partial charge is 0.473 e. The number of ether oxygens (including phenoxy) is 2. The fraction of sp³-hybridized carbons (Fsp3) is 0.267. The van der Waals surface area contributed by atoms with Crippen molar-refractivity contribution in [1.29, 1.82) is 0 Å². The molecule has 22 heavy (non-hydrogen) atoms. The summed E-state index contributed by atoms with van der Waals surface area (Å²) in [7, 11) is 1.05. The highest BCUT2D eigenvalue weighted by atomic mass is 19.4. The van der Waals surface area contributed by atoms with Crippen molar-refractivity contribution in [2.45, 2.75) is 18.2 Å². The number of rotatable bonds is 2. The number of methoxy groups -OCH3 is 1. The molecule has 1 atom stereocenters. The van der Waals surface area contributed by atoms with E-state index in [4.69, 9.17) is 4.74 Å². The van der Waals surface area contributed by atoms with Crippen LogP contribution in [0.3, 0.4) is 0 Å². The topological polar surface area (TPSA) is 35.5 Å². The zero-order valence-corrected chi connectivity index (χ0v) is 11.5. The Kier molecular flexibility index (Phi) is 4.00. The van der Waals surface area contributed by atoms with E-state index in [2.05, 4.69) is 11.3 Å². The number of alkyl halides is 3. The Morgan fingerprint density at radius 2 is 2.09 bits per heavy atom. The van der Waals surface area contributed by atoms with Crippen molar-refractivity contribution in [3.8, 4) is 0 Å². The lowest BCUT2D eigenvalue weighted by molar-refractivity contribution is -0.273. The minimum absolute atomic E-state index is 0.250. The van der Waals surface area contributed by atoms with Gasteiger partial charge in [0, 0.05) is 17.6 Å². The van der Waals surface area contributed by atoms with Gasteiger partial charge in [-0.25, -0.2) is 9.18 Å². The summed E-state index contributed by atoms with van der Waals surface area (Å²) >= 11 is 0. The summed E-state index contributed by atoms with van der Waals surface area (Å²) in [5, 5.41) is 0. The lowest BCUT2D eigenvalue weighted by Gasteiger charge is -2.39. The molecule has 1 aliphatic heterocycles. The van der Waals surface area contributed by atoms with E-state index >= 15 is 0 Å². The molecule has 118 valence electrons. The predicted octanol–water partition coefficient (Wildman–Crippen LogP) is 3.62. The molecule has 1 aromatic carbocycles. The van der Waals surface area contributed by atoms with Crippen molar-refractivity contribution in [3.63, 3.8) is 0 Å². The second kappa shape index (κ2) is 5.47. The summed E-state index contributed by atoms with van der Waals surface area (Å²) in [6.07, 6.45) is -4.64. The SMILES string of the molecule is C=C1C=C(C(=O)OC)CC(c2cccc(F)c2)(C(F)(F)F)O1. The van der Waals surface area contributed by atoms with Gasteiger partial charge in [-0.2, -0.15) is 13.2 Å². The van der Waals surface area contributed by atoms with Gasteiger partial charge in [0.15, 0.2) is 0 Å². The second-order valence-electron chi connectivity index (χ2n) is 4.74. The van der Waals surface area contributed by atoms with E-state index < -0.39 is 35.5 Å². The molecule has 0 amide bonds. The Morgan fingerprint density at radius 3 is 2.64 bits per heavy atom. The summed E-state index contributed by atoms with van der Waals surface area (Å²) in [5.41, 5.74) is -3.58.